The molecule has 0 fully saturated rings. The Morgan fingerprint density at radius 2 is 2.26 bits per heavy atom. The maximum absolute atomic E-state index is 6.02. The van der Waals surface area contributed by atoms with Crippen LogP contribution in [0.4, 0.5) is 5.95 Å². The van der Waals surface area contributed by atoms with Gasteiger partial charge >= 0.3 is 0 Å². The van der Waals surface area contributed by atoms with Gasteiger partial charge in [0.2, 0.25) is 5.95 Å². The maximum Gasteiger partial charge on any atom is 0.221 e. The molecule has 1 aliphatic heterocycles. The summed E-state index contributed by atoms with van der Waals surface area (Å²) in [7, 11) is 0. The lowest BCUT2D eigenvalue weighted by atomic mass is 10.0. The number of halogens is 1. The molecule has 0 aliphatic carbocycles. The smallest absolute Gasteiger partial charge is 0.221 e. The number of benzene rings is 1. The highest BCUT2D eigenvalue weighted by Crippen LogP contribution is 2.30. The van der Waals surface area contributed by atoms with Gasteiger partial charge in [0.1, 0.15) is 0 Å². The van der Waals surface area contributed by atoms with E-state index in [-0.39, 0.29) is 0 Å². The summed E-state index contributed by atoms with van der Waals surface area (Å²) >= 11 is 6.02. The van der Waals surface area contributed by atoms with Gasteiger partial charge in [-0.15, -0.1) is 5.10 Å². The summed E-state index contributed by atoms with van der Waals surface area (Å²) in [6, 6.07) is 8.07. The van der Waals surface area contributed by atoms with Crippen LogP contribution in [0, 0.1) is 5.92 Å². The summed E-state index contributed by atoms with van der Waals surface area (Å²) in [4.78, 5) is 4.58. The van der Waals surface area contributed by atoms with Crippen molar-refractivity contribution >= 4 is 17.5 Å². The van der Waals surface area contributed by atoms with E-state index in [9.17, 15) is 0 Å². The van der Waals surface area contributed by atoms with E-state index >= 15 is 0 Å². The molecule has 1 aliphatic rings. The molecule has 5 heteroatoms. The third kappa shape index (κ3) is 2.32. The number of nitrogens with one attached hydrogen (secondary N) is 1. The minimum atomic E-state index is 0.414. The first-order valence-electron chi connectivity index (χ1n) is 6.61. The van der Waals surface area contributed by atoms with Crippen LogP contribution in [0.25, 0.3) is 11.4 Å². The number of hydrogen-bond donors (Lipinski definition) is 1. The Hall–Kier alpha value is -1.55. The quantitative estimate of drug-likeness (QED) is 0.911. The topological polar surface area (TPSA) is 42.7 Å². The Morgan fingerprint density at radius 1 is 1.42 bits per heavy atom. The fraction of sp³-hybridized carbons (Fsp3) is 0.429. The van der Waals surface area contributed by atoms with Gasteiger partial charge in [0.05, 0.1) is 6.04 Å². The summed E-state index contributed by atoms with van der Waals surface area (Å²) in [6.07, 6.45) is 1.09. The first-order chi connectivity index (χ1) is 9.15. The molecular weight excluding hydrogens is 260 g/mol. The van der Waals surface area contributed by atoms with Gasteiger partial charge in [0.15, 0.2) is 5.82 Å². The largest absolute Gasteiger partial charge is 0.354 e. The number of aromatic nitrogens is 3. The zero-order chi connectivity index (χ0) is 13.4. The molecule has 2 aromatic rings. The van der Waals surface area contributed by atoms with Crippen molar-refractivity contribution in [2.75, 3.05) is 11.9 Å². The van der Waals surface area contributed by atoms with Crippen molar-refractivity contribution in [1.29, 1.82) is 0 Å². The van der Waals surface area contributed by atoms with Crippen LogP contribution < -0.4 is 5.32 Å². The van der Waals surface area contributed by atoms with Crippen LogP contribution in [0.15, 0.2) is 24.3 Å². The van der Waals surface area contributed by atoms with E-state index in [2.05, 4.69) is 29.2 Å². The molecule has 2 heterocycles. The summed E-state index contributed by atoms with van der Waals surface area (Å²) in [6.45, 7) is 5.40. The highest BCUT2D eigenvalue weighted by Gasteiger charge is 2.25. The Morgan fingerprint density at radius 3 is 3.00 bits per heavy atom. The van der Waals surface area contributed by atoms with Gasteiger partial charge in [-0.1, -0.05) is 37.6 Å². The molecule has 1 atom stereocenters. The fourth-order valence-electron chi connectivity index (χ4n) is 2.49. The third-order valence-electron chi connectivity index (χ3n) is 3.52. The second-order valence-electron chi connectivity index (χ2n) is 5.24. The molecule has 1 unspecified atom stereocenters. The average molecular weight is 277 g/mol. The van der Waals surface area contributed by atoms with E-state index in [0.29, 0.717) is 17.0 Å². The normalized spacial score (nSPS) is 18.2. The second-order valence-corrected chi connectivity index (χ2v) is 5.68. The Kier molecular flexibility index (Phi) is 3.19. The highest BCUT2D eigenvalue weighted by atomic mass is 35.5. The molecule has 0 amide bonds. The predicted molar refractivity (Wildman–Crippen MR) is 77.4 cm³/mol. The molecule has 4 nitrogen and oxygen atoms in total. The summed E-state index contributed by atoms with van der Waals surface area (Å²) in [5, 5.41) is 8.66. The van der Waals surface area contributed by atoms with Crippen LogP contribution in [-0.2, 0) is 0 Å². The summed E-state index contributed by atoms with van der Waals surface area (Å²) in [5.41, 5.74) is 0.957. The van der Waals surface area contributed by atoms with E-state index in [1.807, 2.05) is 28.9 Å². The number of fused-ring (bicyclic) bond motifs is 1. The molecular formula is C14H17ClN4. The Labute approximate surface area is 117 Å². The van der Waals surface area contributed by atoms with E-state index in [0.717, 1.165) is 30.3 Å². The average Bonchev–Trinajstić information content (AvgIpc) is 2.82. The molecule has 100 valence electrons. The van der Waals surface area contributed by atoms with Gasteiger partial charge < -0.3 is 5.32 Å². The SMILES string of the molecule is CC(C)C1CCNc2nc(-c3cccc(Cl)c3)nn21. The molecule has 1 aromatic heterocycles. The van der Waals surface area contributed by atoms with Gasteiger partial charge in [-0.3, -0.25) is 0 Å². The molecule has 1 aromatic carbocycles. The summed E-state index contributed by atoms with van der Waals surface area (Å²) < 4.78 is 2.02. The van der Waals surface area contributed by atoms with Crippen molar-refractivity contribution in [1.82, 2.24) is 14.8 Å². The van der Waals surface area contributed by atoms with Crippen LogP contribution in [0.1, 0.15) is 26.3 Å². The molecule has 1 N–H and O–H groups in total. The van der Waals surface area contributed by atoms with Crippen molar-refractivity contribution < 1.29 is 0 Å². The lowest BCUT2D eigenvalue weighted by Crippen LogP contribution is -2.27. The van der Waals surface area contributed by atoms with E-state index in [1.54, 1.807) is 0 Å². The highest BCUT2D eigenvalue weighted by molar-refractivity contribution is 6.30. The second kappa shape index (κ2) is 4.85. The fourth-order valence-corrected chi connectivity index (χ4v) is 2.69. The first kappa shape index (κ1) is 12.5. The van der Waals surface area contributed by atoms with Gasteiger partial charge in [0.25, 0.3) is 0 Å². The lowest BCUT2D eigenvalue weighted by Gasteiger charge is -2.27. The van der Waals surface area contributed by atoms with Crippen molar-refractivity contribution in [3.05, 3.63) is 29.3 Å². The standard InChI is InChI=1S/C14H17ClN4/c1-9(2)12-6-7-16-14-17-13(18-19(12)14)10-4-3-5-11(15)8-10/h3-5,8-9,12H,6-7H2,1-2H3,(H,16,17,18). The molecule has 3 rings (SSSR count). The summed E-state index contributed by atoms with van der Waals surface area (Å²) in [5.74, 6) is 2.15. The molecule has 0 saturated heterocycles. The molecule has 0 spiro atoms. The Bertz CT molecular complexity index is 591. The van der Waals surface area contributed by atoms with Gasteiger partial charge in [-0.05, 0) is 24.5 Å². The van der Waals surface area contributed by atoms with E-state index < -0.39 is 0 Å². The van der Waals surface area contributed by atoms with Crippen LogP contribution in [-0.4, -0.2) is 21.3 Å². The zero-order valence-corrected chi connectivity index (χ0v) is 11.9. The zero-order valence-electron chi connectivity index (χ0n) is 11.1. The van der Waals surface area contributed by atoms with Crippen LogP contribution >= 0.6 is 11.6 Å². The molecule has 0 bridgehead atoms. The molecule has 0 saturated carbocycles. The van der Waals surface area contributed by atoms with Crippen LogP contribution in [0.2, 0.25) is 5.02 Å². The van der Waals surface area contributed by atoms with Gasteiger partial charge in [0, 0.05) is 17.1 Å². The first-order valence-corrected chi connectivity index (χ1v) is 6.99. The van der Waals surface area contributed by atoms with E-state index in [1.165, 1.54) is 0 Å². The van der Waals surface area contributed by atoms with Gasteiger partial charge in [-0.2, -0.15) is 4.98 Å². The van der Waals surface area contributed by atoms with Crippen LogP contribution in [0.5, 0.6) is 0 Å². The Balaban J connectivity index is 2.02. The lowest BCUT2D eigenvalue weighted by molar-refractivity contribution is 0.322. The van der Waals surface area contributed by atoms with Crippen molar-refractivity contribution in [3.63, 3.8) is 0 Å². The van der Waals surface area contributed by atoms with Crippen molar-refractivity contribution in [2.24, 2.45) is 5.92 Å². The number of rotatable bonds is 2. The number of nitrogens with zero attached hydrogens (tertiary/aromatic N) is 3. The number of hydrogen-bond acceptors (Lipinski definition) is 3. The maximum atomic E-state index is 6.02. The minimum absolute atomic E-state index is 0.414. The minimum Gasteiger partial charge on any atom is -0.354 e. The van der Waals surface area contributed by atoms with E-state index in [4.69, 9.17) is 11.6 Å². The van der Waals surface area contributed by atoms with Crippen LogP contribution in [0.3, 0.4) is 0 Å². The monoisotopic (exact) mass is 276 g/mol. The predicted octanol–water partition coefficient (Wildman–Crippen LogP) is 3.61. The van der Waals surface area contributed by atoms with Gasteiger partial charge in [-0.25, -0.2) is 4.68 Å². The third-order valence-corrected chi connectivity index (χ3v) is 3.76. The number of anilines is 1. The van der Waals surface area contributed by atoms with Crippen molar-refractivity contribution in [2.45, 2.75) is 26.3 Å². The molecule has 0 radical (unpaired) electrons. The van der Waals surface area contributed by atoms with Crippen molar-refractivity contribution in [3.8, 4) is 11.4 Å². The molecule has 19 heavy (non-hydrogen) atoms.